The molecule has 0 bridgehead atoms. The number of ether oxygens (including phenoxy) is 2. The summed E-state index contributed by atoms with van der Waals surface area (Å²) in [5, 5.41) is 11.4. The van der Waals surface area contributed by atoms with Crippen molar-refractivity contribution in [1.82, 2.24) is 4.90 Å². The van der Waals surface area contributed by atoms with Crippen LogP contribution in [0.4, 0.5) is 5.69 Å². The Morgan fingerprint density at radius 2 is 1.91 bits per heavy atom. The van der Waals surface area contributed by atoms with Gasteiger partial charge >= 0.3 is 11.7 Å². The van der Waals surface area contributed by atoms with E-state index >= 15 is 0 Å². The van der Waals surface area contributed by atoms with E-state index in [0.717, 1.165) is 0 Å². The van der Waals surface area contributed by atoms with Gasteiger partial charge in [0, 0.05) is 18.6 Å². The topological polar surface area (TPSA) is 81.9 Å². The van der Waals surface area contributed by atoms with Crippen molar-refractivity contribution in [3.05, 3.63) is 38.0 Å². The maximum absolute atomic E-state index is 11.7. The van der Waals surface area contributed by atoms with Crippen molar-refractivity contribution >= 4 is 33.7 Å². The van der Waals surface area contributed by atoms with Gasteiger partial charge in [-0.25, -0.2) is 4.79 Å². The molecule has 23 heavy (non-hydrogen) atoms. The highest BCUT2D eigenvalue weighted by Crippen LogP contribution is 2.40. The zero-order valence-electron chi connectivity index (χ0n) is 14.0. The first kappa shape index (κ1) is 20.9. The third kappa shape index (κ3) is 5.24. The highest BCUT2D eigenvalue weighted by molar-refractivity contribution is 9.10. The van der Waals surface area contributed by atoms with Crippen LogP contribution in [-0.2, 0) is 4.74 Å². The second-order valence-electron chi connectivity index (χ2n) is 4.23. The fourth-order valence-corrected chi connectivity index (χ4v) is 2.21. The predicted molar refractivity (Wildman–Crippen MR) is 92.8 cm³/mol. The number of nitrogens with zero attached hydrogens (tertiary/aromatic N) is 2. The van der Waals surface area contributed by atoms with E-state index in [0.29, 0.717) is 10.0 Å². The first-order chi connectivity index (χ1) is 10.8. The number of benzene rings is 1. The highest BCUT2D eigenvalue weighted by Gasteiger charge is 2.29. The average Bonchev–Trinajstić information content (AvgIpc) is 2.53. The number of nitro groups is 1. The molecular weight excluding hydrogens is 368 g/mol. The number of nitro benzene ring substituents is 1. The lowest BCUT2D eigenvalue weighted by molar-refractivity contribution is -0.386. The van der Waals surface area contributed by atoms with Crippen LogP contribution in [0.1, 0.15) is 29.8 Å². The molecule has 0 atom stereocenters. The molecule has 7 nitrogen and oxygen atoms in total. The molecule has 0 saturated heterocycles. The van der Waals surface area contributed by atoms with Crippen LogP contribution in [0.5, 0.6) is 5.75 Å². The molecule has 0 unspecified atom stereocenters. The van der Waals surface area contributed by atoms with Crippen LogP contribution in [0, 0.1) is 10.1 Å². The molecule has 1 rings (SSSR count). The lowest BCUT2D eigenvalue weighted by Crippen LogP contribution is -2.08. The van der Waals surface area contributed by atoms with Gasteiger partial charge in [-0.05, 0) is 34.3 Å². The van der Waals surface area contributed by atoms with Crippen molar-refractivity contribution in [1.29, 1.82) is 0 Å². The molecule has 1 aromatic carbocycles. The summed E-state index contributed by atoms with van der Waals surface area (Å²) in [6.07, 6.45) is 3.22. The third-order valence-corrected chi connectivity index (χ3v) is 3.23. The zero-order valence-corrected chi connectivity index (χ0v) is 15.6. The number of rotatable bonds is 5. The molecule has 0 N–H and O–H groups in total. The number of carbonyl (C=O) groups is 1. The number of esters is 1. The molecule has 0 heterocycles. The van der Waals surface area contributed by atoms with Gasteiger partial charge in [0.2, 0.25) is 5.75 Å². The molecule has 0 amide bonds. The zero-order chi connectivity index (χ0) is 18.2. The van der Waals surface area contributed by atoms with Crippen LogP contribution in [0.3, 0.4) is 0 Å². The lowest BCUT2D eigenvalue weighted by atomic mass is 10.1. The Morgan fingerprint density at radius 3 is 2.30 bits per heavy atom. The lowest BCUT2D eigenvalue weighted by Gasteiger charge is -2.12. The first-order valence-corrected chi connectivity index (χ1v) is 7.60. The summed E-state index contributed by atoms with van der Waals surface area (Å²) < 4.78 is 10.1. The van der Waals surface area contributed by atoms with Gasteiger partial charge in [0.25, 0.3) is 0 Å². The number of hydrogen-bond donors (Lipinski definition) is 0. The predicted octanol–water partition coefficient (Wildman–Crippen LogP) is 3.71. The van der Waals surface area contributed by atoms with Gasteiger partial charge in [-0.3, -0.25) is 10.1 Å². The molecular formula is C15H21BrN2O5. The number of hydrogen-bond acceptors (Lipinski definition) is 6. The van der Waals surface area contributed by atoms with Gasteiger partial charge < -0.3 is 14.4 Å². The van der Waals surface area contributed by atoms with E-state index in [4.69, 9.17) is 4.74 Å². The fraction of sp³-hybridized carbons (Fsp3) is 0.400. The minimum absolute atomic E-state index is 0.0134. The number of halogens is 1. The van der Waals surface area contributed by atoms with E-state index < -0.39 is 10.9 Å². The normalized spacial score (nSPS) is 9.87. The molecule has 0 saturated carbocycles. The van der Waals surface area contributed by atoms with Crippen LogP contribution in [0.25, 0.3) is 6.08 Å². The molecule has 8 heteroatoms. The summed E-state index contributed by atoms with van der Waals surface area (Å²) in [7, 11) is 6.04. The standard InChI is InChI=1S/C13H15BrN2O5.C2H6/c1-15(2)6-5-8-10(14)7-9(13(17)21-4)12(20-3)11(8)16(18)19;1-2/h5-7H,1-4H3;1-2H3/b6-5+;. The molecule has 0 aromatic heterocycles. The monoisotopic (exact) mass is 388 g/mol. The van der Waals surface area contributed by atoms with Crippen molar-refractivity contribution in [3.8, 4) is 5.75 Å². The van der Waals surface area contributed by atoms with Gasteiger partial charge in [0.1, 0.15) is 5.56 Å². The van der Waals surface area contributed by atoms with E-state index in [1.165, 1.54) is 20.3 Å². The van der Waals surface area contributed by atoms with Gasteiger partial charge in [0.05, 0.1) is 24.7 Å². The van der Waals surface area contributed by atoms with Crippen molar-refractivity contribution in [2.45, 2.75) is 13.8 Å². The smallest absolute Gasteiger partial charge is 0.341 e. The van der Waals surface area contributed by atoms with Gasteiger partial charge in [0.15, 0.2) is 0 Å². The van der Waals surface area contributed by atoms with Crippen LogP contribution in [0.2, 0.25) is 0 Å². The summed E-state index contributed by atoms with van der Waals surface area (Å²) in [6, 6.07) is 1.44. The van der Waals surface area contributed by atoms with Gasteiger partial charge in [-0.1, -0.05) is 13.8 Å². The van der Waals surface area contributed by atoms with Crippen LogP contribution >= 0.6 is 15.9 Å². The SMILES string of the molecule is CC.COC(=O)c1cc(Br)c(/C=C/N(C)C)c([N+](=O)[O-])c1OC. The molecule has 0 spiro atoms. The molecule has 0 fully saturated rings. The molecule has 0 aliphatic carbocycles. The Morgan fingerprint density at radius 1 is 1.35 bits per heavy atom. The van der Waals surface area contributed by atoms with Crippen molar-refractivity contribution in [2.75, 3.05) is 28.3 Å². The highest BCUT2D eigenvalue weighted by atomic mass is 79.9. The van der Waals surface area contributed by atoms with Gasteiger partial charge in [-0.15, -0.1) is 0 Å². The summed E-state index contributed by atoms with van der Waals surface area (Å²) in [6.45, 7) is 4.00. The van der Waals surface area contributed by atoms with Crippen LogP contribution in [-0.4, -0.2) is 44.1 Å². The van der Waals surface area contributed by atoms with Crippen molar-refractivity contribution < 1.29 is 19.2 Å². The Kier molecular flexibility index (Phi) is 8.94. The largest absolute Gasteiger partial charge is 0.490 e. The minimum atomic E-state index is -0.709. The molecule has 0 radical (unpaired) electrons. The third-order valence-electron chi connectivity index (χ3n) is 2.57. The summed E-state index contributed by atoms with van der Waals surface area (Å²) in [5.41, 5.74) is -0.0100. The van der Waals surface area contributed by atoms with E-state index in [-0.39, 0.29) is 17.0 Å². The van der Waals surface area contributed by atoms with E-state index in [1.54, 1.807) is 31.3 Å². The Balaban J connectivity index is 0.00000232. The Labute approximate surface area is 144 Å². The first-order valence-electron chi connectivity index (χ1n) is 6.81. The number of methoxy groups -OCH3 is 2. The van der Waals surface area contributed by atoms with Crippen LogP contribution in [0.15, 0.2) is 16.7 Å². The number of carbonyl (C=O) groups excluding carboxylic acids is 1. The Hall–Kier alpha value is -2.09. The van der Waals surface area contributed by atoms with Crippen molar-refractivity contribution in [3.63, 3.8) is 0 Å². The molecule has 0 aliphatic heterocycles. The van der Waals surface area contributed by atoms with Crippen molar-refractivity contribution in [2.24, 2.45) is 0 Å². The molecule has 0 aliphatic rings. The summed E-state index contributed by atoms with van der Waals surface area (Å²) in [5.74, 6) is -0.841. The van der Waals surface area contributed by atoms with E-state index in [1.807, 2.05) is 13.8 Å². The van der Waals surface area contributed by atoms with E-state index in [2.05, 4.69) is 20.7 Å². The minimum Gasteiger partial charge on any atom is -0.490 e. The fourth-order valence-electron chi connectivity index (χ4n) is 1.66. The van der Waals surface area contributed by atoms with Crippen LogP contribution < -0.4 is 4.74 Å². The maximum atomic E-state index is 11.7. The molecule has 128 valence electrons. The quantitative estimate of drug-likeness (QED) is 0.434. The second-order valence-corrected chi connectivity index (χ2v) is 5.08. The summed E-state index contributed by atoms with van der Waals surface area (Å²) >= 11 is 3.24. The maximum Gasteiger partial charge on any atom is 0.341 e. The second kappa shape index (κ2) is 9.83. The average molecular weight is 389 g/mol. The Bertz CT molecular complexity index is 600. The van der Waals surface area contributed by atoms with E-state index in [9.17, 15) is 14.9 Å². The summed E-state index contributed by atoms with van der Waals surface area (Å²) in [4.78, 5) is 24.2. The molecule has 1 aromatic rings. The van der Waals surface area contributed by atoms with Gasteiger partial charge in [-0.2, -0.15) is 0 Å².